The molecule has 4 heteroatoms. The molecule has 0 fully saturated rings. The van der Waals surface area contributed by atoms with Crippen molar-refractivity contribution < 1.29 is 19.0 Å². The number of hydrogen-bond acceptors (Lipinski definition) is 4. The van der Waals surface area contributed by atoms with E-state index in [2.05, 4.69) is 0 Å². The molecular weight excluding hydrogens is 160 g/mol. The van der Waals surface area contributed by atoms with E-state index in [4.69, 9.17) is 14.2 Å². The highest BCUT2D eigenvalue weighted by Gasteiger charge is 2.19. The Kier molecular flexibility index (Phi) is 3.25. The minimum atomic E-state index is -0.502. The molecule has 1 aliphatic heterocycles. The molecule has 0 saturated carbocycles. The second-order valence-electron chi connectivity index (χ2n) is 2.44. The average molecular weight is 172 g/mol. The number of methoxy groups -OCH3 is 1. The van der Waals surface area contributed by atoms with Gasteiger partial charge in [0.25, 0.3) is 0 Å². The van der Waals surface area contributed by atoms with Gasteiger partial charge in [0, 0.05) is 20.5 Å². The SMILES string of the molecule is CO[C@@H]1C=CC[C@H](OC(C)=O)O1. The van der Waals surface area contributed by atoms with Gasteiger partial charge in [0.05, 0.1) is 0 Å². The predicted molar refractivity (Wildman–Crippen MR) is 41.2 cm³/mol. The van der Waals surface area contributed by atoms with E-state index < -0.39 is 12.6 Å². The highest BCUT2D eigenvalue weighted by molar-refractivity contribution is 5.66. The monoisotopic (exact) mass is 172 g/mol. The van der Waals surface area contributed by atoms with Crippen LogP contribution in [0.3, 0.4) is 0 Å². The van der Waals surface area contributed by atoms with Crippen molar-refractivity contribution in [1.82, 2.24) is 0 Å². The van der Waals surface area contributed by atoms with E-state index in [1.165, 1.54) is 14.0 Å². The second-order valence-corrected chi connectivity index (χ2v) is 2.44. The Morgan fingerprint density at radius 1 is 1.67 bits per heavy atom. The summed E-state index contributed by atoms with van der Waals surface area (Å²) >= 11 is 0. The number of carbonyl (C=O) groups excluding carboxylic acids is 1. The lowest BCUT2D eigenvalue weighted by molar-refractivity contribution is -0.221. The first-order valence-electron chi connectivity index (χ1n) is 3.74. The Morgan fingerprint density at radius 3 is 3.00 bits per heavy atom. The van der Waals surface area contributed by atoms with Crippen LogP contribution in [0.4, 0.5) is 0 Å². The fourth-order valence-electron chi connectivity index (χ4n) is 0.946. The van der Waals surface area contributed by atoms with Gasteiger partial charge in [0.15, 0.2) is 6.29 Å². The summed E-state index contributed by atoms with van der Waals surface area (Å²) in [6, 6.07) is 0. The van der Waals surface area contributed by atoms with Gasteiger partial charge in [-0.3, -0.25) is 4.79 Å². The first kappa shape index (κ1) is 9.22. The minimum absolute atomic E-state index is 0.342. The van der Waals surface area contributed by atoms with Crippen molar-refractivity contribution in [3.63, 3.8) is 0 Å². The lowest BCUT2D eigenvalue weighted by Gasteiger charge is -2.23. The number of hydrogen-bond donors (Lipinski definition) is 0. The Morgan fingerprint density at radius 2 is 2.42 bits per heavy atom. The average Bonchev–Trinajstić information content (AvgIpc) is 2.03. The van der Waals surface area contributed by atoms with Crippen LogP contribution in [0.5, 0.6) is 0 Å². The van der Waals surface area contributed by atoms with E-state index in [1.54, 1.807) is 6.08 Å². The van der Waals surface area contributed by atoms with Gasteiger partial charge < -0.3 is 14.2 Å². The molecule has 0 unspecified atom stereocenters. The van der Waals surface area contributed by atoms with Crippen LogP contribution in [0, 0.1) is 0 Å². The molecule has 2 atom stereocenters. The van der Waals surface area contributed by atoms with Crippen LogP contribution in [0.2, 0.25) is 0 Å². The number of ether oxygens (including phenoxy) is 3. The molecule has 0 aromatic rings. The topological polar surface area (TPSA) is 44.8 Å². The molecule has 1 heterocycles. The Labute approximate surface area is 71.1 Å². The van der Waals surface area contributed by atoms with Gasteiger partial charge >= 0.3 is 5.97 Å². The Bertz CT molecular complexity index is 187. The molecule has 4 nitrogen and oxygen atoms in total. The lowest BCUT2D eigenvalue weighted by Crippen LogP contribution is -2.28. The molecular formula is C8H12O4. The van der Waals surface area contributed by atoms with Gasteiger partial charge in [-0.25, -0.2) is 0 Å². The normalized spacial score (nSPS) is 28.5. The molecule has 0 aromatic heterocycles. The quantitative estimate of drug-likeness (QED) is 0.457. The van der Waals surface area contributed by atoms with E-state index in [0.29, 0.717) is 6.42 Å². The van der Waals surface area contributed by atoms with Crippen molar-refractivity contribution in [1.29, 1.82) is 0 Å². The van der Waals surface area contributed by atoms with E-state index in [0.717, 1.165) is 0 Å². The predicted octanol–water partition coefficient (Wildman–Crippen LogP) is 0.825. The van der Waals surface area contributed by atoms with E-state index >= 15 is 0 Å². The van der Waals surface area contributed by atoms with Gasteiger partial charge in [0.2, 0.25) is 6.29 Å². The highest BCUT2D eigenvalue weighted by Crippen LogP contribution is 2.13. The van der Waals surface area contributed by atoms with E-state index in [-0.39, 0.29) is 5.97 Å². The fraction of sp³-hybridized carbons (Fsp3) is 0.625. The van der Waals surface area contributed by atoms with Gasteiger partial charge in [-0.1, -0.05) is 6.08 Å². The summed E-state index contributed by atoms with van der Waals surface area (Å²) in [6.07, 6.45) is 3.32. The highest BCUT2D eigenvalue weighted by atomic mass is 16.8. The third-order valence-corrected chi connectivity index (χ3v) is 1.44. The largest absolute Gasteiger partial charge is 0.435 e. The van der Waals surface area contributed by atoms with Crippen molar-refractivity contribution in [2.75, 3.05) is 7.11 Å². The zero-order valence-corrected chi connectivity index (χ0v) is 7.15. The van der Waals surface area contributed by atoms with Crippen molar-refractivity contribution in [3.8, 4) is 0 Å². The number of esters is 1. The summed E-state index contributed by atoms with van der Waals surface area (Å²) in [6.45, 7) is 1.35. The lowest BCUT2D eigenvalue weighted by atomic mass is 10.3. The third-order valence-electron chi connectivity index (χ3n) is 1.44. The summed E-state index contributed by atoms with van der Waals surface area (Å²) in [5.74, 6) is -0.342. The minimum Gasteiger partial charge on any atom is -0.435 e. The second kappa shape index (κ2) is 4.23. The van der Waals surface area contributed by atoms with Gasteiger partial charge in [0.1, 0.15) is 0 Å². The number of carbonyl (C=O) groups is 1. The van der Waals surface area contributed by atoms with Gasteiger partial charge in [-0.2, -0.15) is 0 Å². The van der Waals surface area contributed by atoms with Crippen LogP contribution in [0.25, 0.3) is 0 Å². The smallest absolute Gasteiger partial charge is 0.304 e. The van der Waals surface area contributed by atoms with Crippen LogP contribution in [-0.2, 0) is 19.0 Å². The maximum Gasteiger partial charge on any atom is 0.304 e. The van der Waals surface area contributed by atoms with Crippen LogP contribution in [0.1, 0.15) is 13.3 Å². The maximum absolute atomic E-state index is 10.5. The van der Waals surface area contributed by atoms with E-state index in [1.807, 2.05) is 6.08 Å². The van der Waals surface area contributed by atoms with Crippen LogP contribution >= 0.6 is 0 Å². The molecule has 0 bridgehead atoms. The molecule has 1 aliphatic rings. The standard InChI is InChI=1S/C8H12O4/c1-6(9)11-8-5-3-4-7(10-2)12-8/h3-4,7-8H,5H2,1-2H3/t7-,8+/m0/s1. The Hall–Kier alpha value is -0.870. The van der Waals surface area contributed by atoms with Crippen LogP contribution in [0.15, 0.2) is 12.2 Å². The van der Waals surface area contributed by atoms with Crippen molar-refractivity contribution in [2.24, 2.45) is 0 Å². The Balaban J connectivity index is 2.39. The van der Waals surface area contributed by atoms with Crippen LogP contribution in [-0.4, -0.2) is 25.7 Å². The molecule has 68 valence electrons. The molecule has 1 rings (SSSR count). The summed E-state index contributed by atoms with van der Waals surface area (Å²) in [5.41, 5.74) is 0. The molecule has 12 heavy (non-hydrogen) atoms. The van der Waals surface area contributed by atoms with Crippen molar-refractivity contribution in [2.45, 2.75) is 25.9 Å². The van der Waals surface area contributed by atoms with Crippen LogP contribution < -0.4 is 0 Å². The maximum atomic E-state index is 10.5. The summed E-state index contributed by atoms with van der Waals surface area (Å²) in [5, 5.41) is 0. The van der Waals surface area contributed by atoms with Gasteiger partial charge in [-0.15, -0.1) is 0 Å². The molecule has 0 spiro atoms. The summed E-state index contributed by atoms with van der Waals surface area (Å²) in [4.78, 5) is 10.5. The first-order valence-corrected chi connectivity index (χ1v) is 3.74. The molecule has 0 amide bonds. The van der Waals surface area contributed by atoms with Crippen molar-refractivity contribution >= 4 is 5.97 Å². The molecule has 0 radical (unpaired) electrons. The van der Waals surface area contributed by atoms with Gasteiger partial charge in [-0.05, 0) is 6.08 Å². The summed E-state index contributed by atoms with van der Waals surface area (Å²) < 4.78 is 14.9. The molecule has 0 N–H and O–H groups in total. The molecule has 0 aromatic carbocycles. The zero-order chi connectivity index (χ0) is 8.97. The molecule has 0 saturated heterocycles. The molecule has 0 aliphatic carbocycles. The fourth-order valence-corrected chi connectivity index (χ4v) is 0.946. The third kappa shape index (κ3) is 2.64. The number of rotatable bonds is 2. The van der Waals surface area contributed by atoms with Crippen molar-refractivity contribution in [3.05, 3.63) is 12.2 Å². The first-order chi connectivity index (χ1) is 5.72. The van der Waals surface area contributed by atoms with E-state index in [9.17, 15) is 4.79 Å². The zero-order valence-electron chi connectivity index (χ0n) is 7.15. The summed E-state index contributed by atoms with van der Waals surface area (Å²) in [7, 11) is 1.53.